The zero-order chi connectivity index (χ0) is 18.4. The summed E-state index contributed by atoms with van der Waals surface area (Å²) >= 11 is 0. The van der Waals surface area contributed by atoms with Crippen LogP contribution in [0.2, 0.25) is 0 Å². The van der Waals surface area contributed by atoms with Crippen LogP contribution in [0.5, 0.6) is 5.75 Å². The summed E-state index contributed by atoms with van der Waals surface area (Å²) in [5, 5.41) is 6.72. The first kappa shape index (κ1) is 18.5. The Kier molecular flexibility index (Phi) is 6.16. The minimum Gasteiger partial charge on any atom is -0.493 e. The Morgan fingerprint density at radius 2 is 2.08 bits per heavy atom. The second-order valence-corrected chi connectivity index (χ2v) is 5.94. The summed E-state index contributed by atoms with van der Waals surface area (Å²) in [5.74, 6) is 0.414. The molecule has 0 radical (unpaired) electrons. The van der Waals surface area contributed by atoms with Gasteiger partial charge in [-0.15, -0.1) is 0 Å². The summed E-state index contributed by atoms with van der Waals surface area (Å²) in [6.45, 7) is 6.64. The van der Waals surface area contributed by atoms with Gasteiger partial charge in [0, 0.05) is 12.6 Å². The van der Waals surface area contributed by atoms with Gasteiger partial charge < -0.3 is 14.8 Å². The van der Waals surface area contributed by atoms with Gasteiger partial charge in [-0.2, -0.15) is 5.10 Å². The van der Waals surface area contributed by atoms with Crippen molar-refractivity contribution in [3.8, 4) is 5.75 Å². The second-order valence-electron chi connectivity index (χ2n) is 5.94. The number of esters is 1. The monoisotopic (exact) mass is 345 g/mol. The molecule has 2 aromatic rings. The van der Waals surface area contributed by atoms with E-state index in [4.69, 9.17) is 9.47 Å². The maximum atomic E-state index is 12.5. The number of benzene rings is 1. The molecule has 7 nitrogen and oxygen atoms in total. The number of hydrogen-bond donors (Lipinski definition) is 1. The van der Waals surface area contributed by atoms with E-state index in [1.165, 1.54) is 10.9 Å². The third-order valence-electron chi connectivity index (χ3n) is 3.35. The Morgan fingerprint density at radius 1 is 1.32 bits per heavy atom. The topological polar surface area (TPSA) is 82.5 Å². The number of ether oxygens (including phenoxy) is 2. The average molecular weight is 345 g/mol. The molecule has 1 N–H and O–H groups in total. The van der Waals surface area contributed by atoms with E-state index in [0.717, 1.165) is 0 Å². The fourth-order valence-corrected chi connectivity index (χ4v) is 2.11. The van der Waals surface area contributed by atoms with Crippen molar-refractivity contribution < 1.29 is 19.1 Å². The van der Waals surface area contributed by atoms with Gasteiger partial charge in [-0.1, -0.05) is 19.9 Å². The number of carbonyl (C=O) groups is 2. The lowest BCUT2D eigenvalue weighted by Gasteiger charge is -2.11. The highest BCUT2D eigenvalue weighted by Crippen LogP contribution is 2.19. The van der Waals surface area contributed by atoms with Crippen LogP contribution in [0, 0.1) is 5.92 Å². The first-order chi connectivity index (χ1) is 11.9. The molecule has 134 valence electrons. The van der Waals surface area contributed by atoms with Gasteiger partial charge in [0.2, 0.25) is 0 Å². The summed E-state index contributed by atoms with van der Waals surface area (Å²) in [6, 6.07) is 6.89. The van der Waals surface area contributed by atoms with Crippen LogP contribution in [0.25, 0.3) is 0 Å². The van der Waals surface area contributed by atoms with Gasteiger partial charge in [-0.05, 0) is 31.0 Å². The fraction of sp³-hybridized carbons (Fsp3) is 0.389. The maximum Gasteiger partial charge on any atom is 0.343 e. The van der Waals surface area contributed by atoms with E-state index in [1.54, 1.807) is 38.2 Å². The summed E-state index contributed by atoms with van der Waals surface area (Å²) in [4.78, 5) is 24.5. The van der Waals surface area contributed by atoms with Gasteiger partial charge in [-0.3, -0.25) is 9.48 Å². The van der Waals surface area contributed by atoms with Crippen molar-refractivity contribution in [1.29, 1.82) is 0 Å². The van der Waals surface area contributed by atoms with Crippen molar-refractivity contribution in [2.75, 3.05) is 18.5 Å². The predicted octanol–water partition coefficient (Wildman–Crippen LogP) is 2.88. The molecule has 0 aliphatic carbocycles. The van der Waals surface area contributed by atoms with E-state index < -0.39 is 5.97 Å². The quantitative estimate of drug-likeness (QED) is 0.780. The minimum atomic E-state index is -0.528. The number of rotatable bonds is 7. The zero-order valence-electron chi connectivity index (χ0n) is 14.9. The molecule has 1 aromatic carbocycles. The summed E-state index contributed by atoms with van der Waals surface area (Å²) in [6.07, 6.45) is 1.37. The smallest absolute Gasteiger partial charge is 0.343 e. The molecule has 0 bridgehead atoms. The van der Waals surface area contributed by atoms with E-state index in [-0.39, 0.29) is 23.9 Å². The predicted molar refractivity (Wildman–Crippen MR) is 93.9 cm³/mol. The van der Waals surface area contributed by atoms with E-state index >= 15 is 0 Å². The molecular weight excluding hydrogens is 322 g/mol. The fourth-order valence-electron chi connectivity index (χ4n) is 2.11. The number of anilines is 1. The van der Waals surface area contributed by atoms with Crippen LogP contribution in [0.4, 0.5) is 5.82 Å². The normalized spacial score (nSPS) is 10.6. The van der Waals surface area contributed by atoms with Crippen molar-refractivity contribution in [3.63, 3.8) is 0 Å². The molecule has 0 saturated carbocycles. The van der Waals surface area contributed by atoms with Crippen LogP contribution in [0.15, 0.2) is 30.5 Å². The standard InChI is InChI=1S/C18H23N3O4/c1-5-24-18(23)15-10-19-21(4)16(15)20-17(22)13-7-6-8-14(9-13)25-11-12(2)3/h6-10,12H,5,11H2,1-4H3,(H,20,22). The molecule has 0 fully saturated rings. The number of aromatic nitrogens is 2. The molecule has 1 heterocycles. The van der Waals surface area contributed by atoms with Gasteiger partial charge in [-0.25, -0.2) is 4.79 Å². The number of aryl methyl sites for hydroxylation is 1. The van der Waals surface area contributed by atoms with Crippen LogP contribution < -0.4 is 10.1 Å². The third-order valence-corrected chi connectivity index (χ3v) is 3.35. The Bertz CT molecular complexity index is 753. The van der Waals surface area contributed by atoms with Gasteiger partial charge in [0.05, 0.1) is 19.4 Å². The molecule has 7 heteroatoms. The summed E-state index contributed by atoms with van der Waals surface area (Å²) < 4.78 is 12.0. The molecular formula is C18H23N3O4. The number of nitrogens with one attached hydrogen (secondary N) is 1. The van der Waals surface area contributed by atoms with E-state index in [0.29, 0.717) is 23.8 Å². The highest BCUT2D eigenvalue weighted by Gasteiger charge is 2.20. The van der Waals surface area contributed by atoms with Crippen LogP contribution in [-0.4, -0.2) is 34.9 Å². The van der Waals surface area contributed by atoms with Crippen molar-refractivity contribution >= 4 is 17.7 Å². The maximum absolute atomic E-state index is 12.5. The largest absolute Gasteiger partial charge is 0.493 e. The van der Waals surface area contributed by atoms with Crippen LogP contribution in [0.1, 0.15) is 41.5 Å². The van der Waals surface area contributed by atoms with Crippen molar-refractivity contribution in [1.82, 2.24) is 9.78 Å². The number of amides is 1. The molecule has 1 amide bonds. The van der Waals surface area contributed by atoms with Crippen LogP contribution >= 0.6 is 0 Å². The Hall–Kier alpha value is -2.83. The highest BCUT2D eigenvalue weighted by molar-refractivity contribution is 6.07. The van der Waals surface area contributed by atoms with E-state index in [2.05, 4.69) is 24.3 Å². The highest BCUT2D eigenvalue weighted by atomic mass is 16.5. The SMILES string of the molecule is CCOC(=O)c1cnn(C)c1NC(=O)c1cccc(OCC(C)C)c1. The van der Waals surface area contributed by atoms with E-state index in [9.17, 15) is 9.59 Å². The number of nitrogens with zero attached hydrogens (tertiary/aromatic N) is 2. The molecule has 0 unspecified atom stereocenters. The van der Waals surface area contributed by atoms with Gasteiger partial charge in [0.1, 0.15) is 17.1 Å². The molecule has 0 atom stereocenters. The van der Waals surface area contributed by atoms with Crippen molar-refractivity contribution in [2.24, 2.45) is 13.0 Å². The Balaban J connectivity index is 2.16. The lowest BCUT2D eigenvalue weighted by molar-refractivity contribution is 0.0527. The molecule has 0 aliphatic rings. The Labute approximate surface area is 146 Å². The molecule has 25 heavy (non-hydrogen) atoms. The number of hydrogen-bond acceptors (Lipinski definition) is 5. The second kappa shape index (κ2) is 8.32. The molecule has 0 aliphatic heterocycles. The Morgan fingerprint density at radius 3 is 2.76 bits per heavy atom. The van der Waals surface area contributed by atoms with Crippen molar-refractivity contribution in [3.05, 3.63) is 41.6 Å². The lowest BCUT2D eigenvalue weighted by Crippen LogP contribution is -2.17. The van der Waals surface area contributed by atoms with E-state index in [1.807, 2.05) is 0 Å². The molecule has 1 aromatic heterocycles. The van der Waals surface area contributed by atoms with Gasteiger partial charge in [0.25, 0.3) is 5.91 Å². The first-order valence-corrected chi connectivity index (χ1v) is 8.15. The van der Waals surface area contributed by atoms with Gasteiger partial charge in [0.15, 0.2) is 0 Å². The van der Waals surface area contributed by atoms with Crippen LogP contribution in [-0.2, 0) is 11.8 Å². The summed E-state index contributed by atoms with van der Waals surface area (Å²) in [5.41, 5.74) is 0.641. The number of carbonyl (C=O) groups excluding carboxylic acids is 2. The molecule has 0 spiro atoms. The minimum absolute atomic E-state index is 0.213. The molecule has 2 rings (SSSR count). The van der Waals surface area contributed by atoms with Gasteiger partial charge >= 0.3 is 5.97 Å². The summed E-state index contributed by atoms with van der Waals surface area (Å²) in [7, 11) is 1.64. The molecule has 0 saturated heterocycles. The third kappa shape index (κ3) is 4.82. The van der Waals surface area contributed by atoms with Crippen LogP contribution in [0.3, 0.4) is 0 Å². The average Bonchev–Trinajstić information content (AvgIpc) is 2.94. The zero-order valence-corrected chi connectivity index (χ0v) is 14.9. The lowest BCUT2D eigenvalue weighted by atomic mass is 10.2. The first-order valence-electron chi connectivity index (χ1n) is 8.15. The van der Waals surface area contributed by atoms with Crippen molar-refractivity contribution in [2.45, 2.75) is 20.8 Å².